The standard InChI is InChI=1S/C27H32N2O3/c1-19(17-21-11-5-3-6-12-21)25(30)28-23-15-9-10-16-24(23)29(27(28)32)26(31)20(2)18-22-13-7-4-8-14-22/h3-8,11-14,19-20,23-24H,9-10,15-18H2,1-2H3/t19-,20-,23-,24-/m1/s1. The van der Waals surface area contributed by atoms with Gasteiger partial charge in [-0.3, -0.25) is 19.4 Å². The van der Waals surface area contributed by atoms with E-state index < -0.39 is 6.03 Å². The van der Waals surface area contributed by atoms with Crippen LogP contribution in [-0.4, -0.2) is 39.7 Å². The fraction of sp³-hybridized carbons (Fsp3) is 0.444. The molecule has 1 saturated heterocycles. The predicted octanol–water partition coefficient (Wildman–Crippen LogP) is 4.85. The zero-order valence-corrected chi connectivity index (χ0v) is 18.9. The Kier molecular flexibility index (Phi) is 6.73. The van der Waals surface area contributed by atoms with E-state index in [1.165, 1.54) is 9.80 Å². The Labute approximate surface area is 190 Å². The third-order valence-electron chi connectivity index (χ3n) is 6.86. The quantitative estimate of drug-likeness (QED) is 0.656. The number of urea groups is 1. The van der Waals surface area contributed by atoms with Crippen LogP contribution in [0.3, 0.4) is 0 Å². The van der Waals surface area contributed by atoms with Gasteiger partial charge >= 0.3 is 6.03 Å². The van der Waals surface area contributed by atoms with Crippen LogP contribution in [0.25, 0.3) is 0 Å². The maximum atomic E-state index is 13.5. The zero-order valence-electron chi connectivity index (χ0n) is 18.9. The number of nitrogens with zero attached hydrogens (tertiary/aromatic N) is 2. The van der Waals surface area contributed by atoms with Crippen LogP contribution in [0.1, 0.15) is 50.7 Å². The lowest BCUT2D eigenvalue weighted by Gasteiger charge is -2.31. The molecule has 2 fully saturated rings. The fourth-order valence-electron chi connectivity index (χ4n) is 5.19. The zero-order chi connectivity index (χ0) is 22.7. The van der Waals surface area contributed by atoms with Gasteiger partial charge in [0.2, 0.25) is 11.8 Å². The van der Waals surface area contributed by atoms with Crippen molar-refractivity contribution in [2.45, 2.75) is 64.5 Å². The first-order valence-corrected chi connectivity index (χ1v) is 11.8. The molecule has 4 rings (SSSR count). The highest BCUT2D eigenvalue weighted by molar-refractivity contribution is 6.05. The highest BCUT2D eigenvalue weighted by Gasteiger charge is 2.52. The van der Waals surface area contributed by atoms with E-state index in [0.29, 0.717) is 12.8 Å². The normalized spacial score (nSPS) is 22.4. The average Bonchev–Trinajstić information content (AvgIpc) is 3.11. The molecule has 0 spiro atoms. The molecule has 0 unspecified atom stereocenters. The van der Waals surface area contributed by atoms with Crippen molar-refractivity contribution in [1.29, 1.82) is 0 Å². The minimum atomic E-state index is -0.420. The minimum Gasteiger partial charge on any atom is -0.274 e. The van der Waals surface area contributed by atoms with Gasteiger partial charge in [0.25, 0.3) is 0 Å². The molecule has 4 amide bonds. The summed E-state index contributed by atoms with van der Waals surface area (Å²) in [6.07, 6.45) is 4.67. The van der Waals surface area contributed by atoms with Crippen molar-refractivity contribution in [3.05, 3.63) is 71.8 Å². The Balaban J connectivity index is 1.52. The van der Waals surface area contributed by atoms with E-state index in [0.717, 1.165) is 36.8 Å². The molecule has 32 heavy (non-hydrogen) atoms. The predicted molar refractivity (Wildman–Crippen MR) is 124 cm³/mol. The number of imide groups is 2. The highest BCUT2D eigenvalue weighted by Crippen LogP contribution is 2.36. The summed E-state index contributed by atoms with van der Waals surface area (Å²) in [7, 11) is 0. The van der Waals surface area contributed by atoms with Crippen LogP contribution in [0.15, 0.2) is 60.7 Å². The second-order valence-corrected chi connectivity index (χ2v) is 9.30. The Morgan fingerprint density at radius 2 is 1.12 bits per heavy atom. The van der Waals surface area contributed by atoms with Gasteiger partial charge in [0, 0.05) is 11.8 Å². The van der Waals surface area contributed by atoms with Crippen LogP contribution in [0, 0.1) is 11.8 Å². The minimum absolute atomic E-state index is 0.165. The summed E-state index contributed by atoms with van der Waals surface area (Å²) in [4.78, 5) is 43.1. The number of benzene rings is 2. The molecule has 4 atom stereocenters. The Bertz CT molecular complexity index is 882. The van der Waals surface area contributed by atoms with Gasteiger partial charge in [0.1, 0.15) is 0 Å². The third kappa shape index (κ3) is 4.47. The van der Waals surface area contributed by atoms with Gasteiger partial charge in [-0.15, -0.1) is 0 Å². The van der Waals surface area contributed by atoms with Crippen LogP contribution in [0.4, 0.5) is 4.79 Å². The number of rotatable bonds is 6. The molecule has 1 heterocycles. The lowest BCUT2D eigenvalue weighted by molar-refractivity contribution is -0.133. The first-order valence-electron chi connectivity index (χ1n) is 11.8. The molecular weight excluding hydrogens is 400 g/mol. The topological polar surface area (TPSA) is 57.7 Å². The molecule has 2 aliphatic rings. The van der Waals surface area contributed by atoms with Crippen molar-refractivity contribution in [3.63, 3.8) is 0 Å². The number of hydrogen-bond acceptors (Lipinski definition) is 3. The Hall–Kier alpha value is -2.95. The summed E-state index contributed by atoms with van der Waals surface area (Å²) < 4.78 is 0. The molecular formula is C27H32N2O3. The van der Waals surface area contributed by atoms with Crippen LogP contribution < -0.4 is 0 Å². The molecule has 0 radical (unpaired) electrons. The molecule has 5 heteroatoms. The number of fused-ring (bicyclic) bond motifs is 1. The van der Waals surface area contributed by atoms with Crippen LogP contribution in [0.5, 0.6) is 0 Å². The van der Waals surface area contributed by atoms with Gasteiger partial charge in [-0.2, -0.15) is 0 Å². The van der Waals surface area contributed by atoms with Gasteiger partial charge in [0.15, 0.2) is 0 Å². The number of amides is 4. The number of hydrogen-bond donors (Lipinski definition) is 0. The molecule has 0 aromatic heterocycles. The largest absolute Gasteiger partial charge is 0.334 e. The second-order valence-electron chi connectivity index (χ2n) is 9.30. The van der Waals surface area contributed by atoms with E-state index in [1.54, 1.807) is 0 Å². The van der Waals surface area contributed by atoms with Crippen molar-refractivity contribution < 1.29 is 14.4 Å². The Morgan fingerprint density at radius 3 is 1.50 bits per heavy atom. The van der Waals surface area contributed by atoms with Crippen molar-refractivity contribution in [3.8, 4) is 0 Å². The summed E-state index contributed by atoms with van der Waals surface area (Å²) >= 11 is 0. The third-order valence-corrected chi connectivity index (χ3v) is 6.86. The van der Waals surface area contributed by atoms with E-state index in [1.807, 2.05) is 74.5 Å². The van der Waals surface area contributed by atoms with E-state index >= 15 is 0 Å². The lowest BCUT2D eigenvalue weighted by Crippen LogP contribution is -2.45. The van der Waals surface area contributed by atoms with E-state index in [9.17, 15) is 14.4 Å². The molecule has 0 bridgehead atoms. The van der Waals surface area contributed by atoms with Gasteiger partial charge in [-0.25, -0.2) is 4.79 Å². The molecule has 1 saturated carbocycles. The SMILES string of the molecule is C[C@H](Cc1ccccc1)C(=O)N1C(=O)N(C(=O)[C@H](C)Cc2ccccc2)[C@@H]2CCCC[C@H]21. The second kappa shape index (κ2) is 9.68. The summed E-state index contributed by atoms with van der Waals surface area (Å²) in [5.74, 6) is -0.968. The maximum absolute atomic E-state index is 13.5. The van der Waals surface area contributed by atoms with Crippen LogP contribution in [0.2, 0.25) is 0 Å². The van der Waals surface area contributed by atoms with Crippen molar-refractivity contribution >= 4 is 17.8 Å². The van der Waals surface area contributed by atoms with Crippen molar-refractivity contribution in [1.82, 2.24) is 9.80 Å². The summed E-state index contributed by atoms with van der Waals surface area (Å²) in [6, 6.07) is 18.9. The number of carbonyl (C=O) groups is 3. The van der Waals surface area contributed by atoms with E-state index in [4.69, 9.17) is 0 Å². The van der Waals surface area contributed by atoms with Crippen molar-refractivity contribution in [2.75, 3.05) is 0 Å². The molecule has 1 aliphatic carbocycles. The lowest BCUT2D eigenvalue weighted by atomic mass is 9.88. The van der Waals surface area contributed by atoms with Crippen LogP contribution in [-0.2, 0) is 22.4 Å². The van der Waals surface area contributed by atoms with Gasteiger partial charge < -0.3 is 0 Å². The highest BCUT2D eigenvalue weighted by atomic mass is 16.2. The van der Waals surface area contributed by atoms with Gasteiger partial charge in [0.05, 0.1) is 12.1 Å². The molecule has 2 aromatic rings. The average molecular weight is 433 g/mol. The molecule has 168 valence electrons. The van der Waals surface area contributed by atoms with Gasteiger partial charge in [-0.05, 0) is 36.8 Å². The van der Waals surface area contributed by atoms with E-state index in [-0.39, 0.29) is 35.7 Å². The maximum Gasteiger partial charge on any atom is 0.334 e. The summed E-state index contributed by atoms with van der Waals surface area (Å²) in [5.41, 5.74) is 2.15. The number of carbonyl (C=O) groups excluding carboxylic acids is 3. The first kappa shape index (κ1) is 22.3. The molecule has 0 N–H and O–H groups in total. The molecule has 1 aliphatic heterocycles. The molecule has 2 aromatic carbocycles. The Morgan fingerprint density at radius 1 is 0.750 bits per heavy atom. The summed E-state index contributed by atoms with van der Waals surface area (Å²) in [6.45, 7) is 3.76. The first-order chi connectivity index (χ1) is 15.5. The van der Waals surface area contributed by atoms with E-state index in [2.05, 4.69) is 0 Å². The van der Waals surface area contributed by atoms with Crippen molar-refractivity contribution in [2.24, 2.45) is 11.8 Å². The smallest absolute Gasteiger partial charge is 0.274 e. The van der Waals surface area contributed by atoms with Gasteiger partial charge in [-0.1, -0.05) is 87.4 Å². The van der Waals surface area contributed by atoms with Crippen LogP contribution >= 0.6 is 0 Å². The molecule has 5 nitrogen and oxygen atoms in total. The fourth-order valence-corrected chi connectivity index (χ4v) is 5.19. The summed E-state index contributed by atoms with van der Waals surface area (Å²) in [5, 5.41) is 0. The monoisotopic (exact) mass is 432 g/mol.